The van der Waals surface area contributed by atoms with Crippen molar-refractivity contribution in [3.8, 4) is 0 Å². The fraction of sp³-hybridized carbons (Fsp3) is 0.208. The molecule has 3 aromatic rings. The van der Waals surface area contributed by atoms with Crippen molar-refractivity contribution < 1.29 is 13.6 Å². The Morgan fingerprint density at radius 1 is 0.724 bits per heavy atom. The van der Waals surface area contributed by atoms with Gasteiger partial charge < -0.3 is 4.90 Å². The molecule has 1 saturated heterocycles. The van der Waals surface area contributed by atoms with Crippen LogP contribution in [0.4, 0.5) is 8.78 Å². The molecule has 0 unspecified atom stereocenters. The minimum atomic E-state index is -0.492. The van der Waals surface area contributed by atoms with Crippen LogP contribution in [-0.2, 0) is 0 Å². The Kier molecular flexibility index (Phi) is 5.67. The van der Waals surface area contributed by atoms with Crippen LogP contribution in [-0.4, -0.2) is 41.9 Å². The van der Waals surface area contributed by atoms with Crippen LogP contribution in [0.25, 0.3) is 0 Å². The molecule has 0 spiro atoms. The maximum Gasteiger partial charge on any atom is 0.256 e. The van der Waals surface area contributed by atoms with Gasteiger partial charge in [-0.3, -0.25) is 9.69 Å². The molecule has 1 aliphatic heterocycles. The Morgan fingerprint density at radius 3 is 1.97 bits per heavy atom. The van der Waals surface area contributed by atoms with Gasteiger partial charge in [0.25, 0.3) is 5.91 Å². The largest absolute Gasteiger partial charge is 0.336 e. The van der Waals surface area contributed by atoms with E-state index in [1.807, 2.05) is 30.3 Å². The average molecular weight is 392 g/mol. The van der Waals surface area contributed by atoms with Crippen molar-refractivity contribution in [2.45, 2.75) is 6.04 Å². The van der Waals surface area contributed by atoms with Crippen LogP contribution in [0.3, 0.4) is 0 Å². The Morgan fingerprint density at radius 2 is 1.31 bits per heavy atom. The molecule has 1 fully saturated rings. The smallest absolute Gasteiger partial charge is 0.256 e. The number of hydrogen-bond acceptors (Lipinski definition) is 2. The second kappa shape index (κ2) is 8.53. The lowest BCUT2D eigenvalue weighted by molar-refractivity contribution is 0.0593. The fourth-order valence-corrected chi connectivity index (χ4v) is 3.88. The second-order valence-electron chi connectivity index (χ2n) is 7.17. The number of carbonyl (C=O) groups excluding carboxylic acids is 1. The number of carbonyl (C=O) groups is 1. The van der Waals surface area contributed by atoms with Crippen molar-refractivity contribution >= 4 is 5.91 Å². The van der Waals surface area contributed by atoms with Gasteiger partial charge in [-0.2, -0.15) is 0 Å². The van der Waals surface area contributed by atoms with E-state index in [0.717, 1.165) is 11.1 Å². The fourth-order valence-electron chi connectivity index (χ4n) is 3.88. The van der Waals surface area contributed by atoms with Gasteiger partial charge in [0.2, 0.25) is 0 Å². The molecule has 4 rings (SSSR count). The summed E-state index contributed by atoms with van der Waals surface area (Å²) in [5.41, 5.74) is 2.23. The van der Waals surface area contributed by atoms with Gasteiger partial charge in [0.15, 0.2) is 0 Å². The zero-order valence-corrected chi connectivity index (χ0v) is 16.0. The standard InChI is InChI=1S/C24H22F2N2O/c25-20-12-10-19(11-13-20)23(18-6-2-1-3-7-18)27-14-16-28(17-15-27)24(29)21-8-4-5-9-22(21)26/h1-13,23H,14-17H2/t23-/m1/s1. The molecule has 3 aromatic carbocycles. The number of benzene rings is 3. The minimum absolute atomic E-state index is 0.0255. The van der Waals surface area contributed by atoms with Crippen molar-refractivity contribution in [1.82, 2.24) is 9.80 Å². The van der Waals surface area contributed by atoms with Crippen molar-refractivity contribution in [1.29, 1.82) is 0 Å². The van der Waals surface area contributed by atoms with Gasteiger partial charge >= 0.3 is 0 Å². The van der Waals surface area contributed by atoms with Crippen molar-refractivity contribution in [3.05, 3.63) is 107 Å². The van der Waals surface area contributed by atoms with E-state index >= 15 is 0 Å². The van der Waals surface area contributed by atoms with Gasteiger partial charge in [0, 0.05) is 26.2 Å². The van der Waals surface area contributed by atoms with Gasteiger partial charge in [0.1, 0.15) is 11.6 Å². The Labute approximate surface area is 169 Å². The van der Waals surface area contributed by atoms with Gasteiger partial charge in [-0.1, -0.05) is 54.6 Å². The Bertz CT molecular complexity index is 968. The molecule has 148 valence electrons. The van der Waals surface area contributed by atoms with Crippen LogP contribution >= 0.6 is 0 Å². The highest BCUT2D eigenvalue weighted by molar-refractivity contribution is 5.94. The highest BCUT2D eigenvalue weighted by Crippen LogP contribution is 2.30. The molecule has 0 aromatic heterocycles. The van der Waals surface area contributed by atoms with Crippen molar-refractivity contribution in [3.63, 3.8) is 0 Å². The second-order valence-corrected chi connectivity index (χ2v) is 7.17. The third-order valence-corrected chi connectivity index (χ3v) is 5.37. The Balaban J connectivity index is 1.53. The van der Waals surface area contributed by atoms with Crippen LogP contribution < -0.4 is 0 Å². The van der Waals surface area contributed by atoms with E-state index in [-0.39, 0.29) is 23.3 Å². The van der Waals surface area contributed by atoms with E-state index in [4.69, 9.17) is 0 Å². The van der Waals surface area contributed by atoms with Crippen LogP contribution in [0.15, 0.2) is 78.9 Å². The van der Waals surface area contributed by atoms with Crippen molar-refractivity contribution in [2.75, 3.05) is 26.2 Å². The summed E-state index contributed by atoms with van der Waals surface area (Å²) in [7, 11) is 0. The van der Waals surface area contributed by atoms with Gasteiger partial charge in [-0.25, -0.2) is 8.78 Å². The molecule has 0 N–H and O–H groups in total. The summed E-state index contributed by atoms with van der Waals surface area (Å²) >= 11 is 0. The molecule has 0 bridgehead atoms. The van der Waals surface area contributed by atoms with Gasteiger partial charge in [-0.05, 0) is 35.4 Å². The predicted molar refractivity (Wildman–Crippen MR) is 109 cm³/mol. The zero-order chi connectivity index (χ0) is 20.2. The molecule has 0 aliphatic carbocycles. The van der Waals surface area contributed by atoms with Crippen LogP contribution in [0.5, 0.6) is 0 Å². The molecule has 0 radical (unpaired) electrons. The number of piperazine rings is 1. The van der Waals surface area contributed by atoms with E-state index < -0.39 is 5.82 Å². The SMILES string of the molecule is O=C(c1ccccc1F)N1CCN([C@H](c2ccccc2)c2ccc(F)cc2)CC1. The first-order valence-electron chi connectivity index (χ1n) is 9.72. The normalized spacial score (nSPS) is 15.9. The maximum atomic E-state index is 14.0. The highest BCUT2D eigenvalue weighted by atomic mass is 19.1. The molecular formula is C24H22F2N2O. The lowest BCUT2D eigenvalue weighted by atomic mass is 9.96. The molecule has 0 saturated carbocycles. The van der Waals surface area contributed by atoms with Crippen LogP contribution in [0.1, 0.15) is 27.5 Å². The third-order valence-electron chi connectivity index (χ3n) is 5.37. The third kappa shape index (κ3) is 4.20. The van der Waals surface area contributed by atoms with Crippen LogP contribution in [0.2, 0.25) is 0 Å². The van der Waals surface area contributed by atoms with E-state index in [0.29, 0.717) is 26.2 Å². The summed E-state index contributed by atoms with van der Waals surface area (Å²) in [5.74, 6) is -1.03. The van der Waals surface area contributed by atoms with E-state index in [2.05, 4.69) is 17.0 Å². The van der Waals surface area contributed by atoms with Gasteiger partial charge in [0.05, 0.1) is 11.6 Å². The average Bonchev–Trinajstić information content (AvgIpc) is 2.76. The van der Waals surface area contributed by atoms with E-state index in [1.165, 1.54) is 24.3 Å². The maximum absolute atomic E-state index is 14.0. The van der Waals surface area contributed by atoms with Crippen LogP contribution in [0, 0.1) is 11.6 Å². The molecular weight excluding hydrogens is 370 g/mol. The summed E-state index contributed by atoms with van der Waals surface area (Å²) in [6.45, 7) is 2.32. The highest BCUT2D eigenvalue weighted by Gasteiger charge is 2.29. The quantitative estimate of drug-likeness (QED) is 0.652. The summed E-state index contributed by atoms with van der Waals surface area (Å²) < 4.78 is 27.4. The first-order valence-corrected chi connectivity index (χ1v) is 9.72. The molecule has 1 atom stereocenters. The predicted octanol–water partition coefficient (Wildman–Crippen LogP) is 4.51. The van der Waals surface area contributed by atoms with Gasteiger partial charge in [-0.15, -0.1) is 0 Å². The molecule has 1 aliphatic rings. The number of amides is 1. The minimum Gasteiger partial charge on any atom is -0.336 e. The topological polar surface area (TPSA) is 23.6 Å². The monoisotopic (exact) mass is 392 g/mol. The summed E-state index contributed by atoms with van der Waals surface area (Å²) in [4.78, 5) is 16.7. The lowest BCUT2D eigenvalue weighted by Gasteiger charge is -2.39. The molecule has 3 nitrogen and oxygen atoms in total. The molecule has 1 amide bonds. The zero-order valence-electron chi connectivity index (χ0n) is 16.0. The van der Waals surface area contributed by atoms with Crippen molar-refractivity contribution in [2.24, 2.45) is 0 Å². The molecule has 29 heavy (non-hydrogen) atoms. The summed E-state index contributed by atoms with van der Waals surface area (Å²) in [5, 5.41) is 0. The summed E-state index contributed by atoms with van der Waals surface area (Å²) in [6, 6.07) is 22.7. The lowest BCUT2D eigenvalue weighted by Crippen LogP contribution is -2.50. The number of halogens is 2. The first-order chi connectivity index (χ1) is 14.1. The van der Waals surface area contributed by atoms with E-state index in [1.54, 1.807) is 17.0 Å². The number of rotatable bonds is 4. The van der Waals surface area contributed by atoms with E-state index in [9.17, 15) is 13.6 Å². The number of nitrogens with zero attached hydrogens (tertiary/aromatic N) is 2. The number of hydrogen-bond donors (Lipinski definition) is 0. The Hall–Kier alpha value is -3.05. The molecule has 1 heterocycles. The first kappa shape index (κ1) is 19.3. The summed E-state index contributed by atoms with van der Waals surface area (Å²) in [6.07, 6.45) is 0. The molecule has 5 heteroatoms.